The van der Waals surface area contributed by atoms with Crippen LogP contribution in [-0.2, 0) is 17.9 Å². The summed E-state index contributed by atoms with van der Waals surface area (Å²) in [5.74, 6) is 0.592. The first-order valence-electron chi connectivity index (χ1n) is 9.35. The molecule has 1 aromatic carbocycles. The van der Waals surface area contributed by atoms with E-state index in [-0.39, 0.29) is 35.8 Å². The molecule has 1 aliphatic heterocycles. The lowest BCUT2D eigenvalue weighted by Gasteiger charge is -2.31. The third-order valence-electron chi connectivity index (χ3n) is 4.48. The smallest absolute Gasteiger partial charge is 0.221 e. The first-order valence-corrected chi connectivity index (χ1v) is 9.35. The third-order valence-corrected chi connectivity index (χ3v) is 4.48. The van der Waals surface area contributed by atoms with E-state index in [1.54, 1.807) is 0 Å². The maximum absolute atomic E-state index is 11.4. The van der Waals surface area contributed by atoms with E-state index < -0.39 is 0 Å². The molecule has 4 N–H and O–H groups in total. The number of benzene rings is 1. The molecule has 1 atom stereocenters. The van der Waals surface area contributed by atoms with Crippen molar-refractivity contribution >= 4 is 35.8 Å². The predicted octanol–water partition coefficient (Wildman–Crippen LogP) is 2.24. The number of halogens is 1. The highest BCUT2D eigenvalue weighted by Crippen LogP contribution is 2.19. The Morgan fingerprint density at radius 1 is 1.41 bits per heavy atom. The fourth-order valence-electron chi connectivity index (χ4n) is 3.20. The maximum atomic E-state index is 11.4. The zero-order chi connectivity index (χ0) is 18.8. The van der Waals surface area contributed by atoms with Gasteiger partial charge in [-0.25, -0.2) is 4.99 Å². The Morgan fingerprint density at radius 2 is 2.19 bits per heavy atom. The molecule has 1 aromatic rings. The Hall–Kier alpha value is -1.61. The number of nitrogens with two attached hydrogens (primary N) is 1. The van der Waals surface area contributed by atoms with Gasteiger partial charge in [-0.05, 0) is 37.4 Å². The highest BCUT2D eigenvalue weighted by molar-refractivity contribution is 14.0. The predicted molar refractivity (Wildman–Crippen MR) is 122 cm³/mol. The molecule has 6 nitrogen and oxygen atoms in total. The Balaban J connectivity index is 0.00000364. The van der Waals surface area contributed by atoms with Gasteiger partial charge >= 0.3 is 0 Å². The standard InChI is InChI=1S/C20H31N5O.HI/c1-3-10-23-20(22-4-2)24-13-16-7-5-8-17(12-16)14-25-11-6-9-18(15-25)19(21)26;/h3,5,7-8,12,18H,1,4,6,9-11,13-15H2,2H3,(H2,21,26)(H2,22,23,24);1H. The van der Waals surface area contributed by atoms with Gasteiger partial charge in [0.05, 0.1) is 12.5 Å². The van der Waals surface area contributed by atoms with Crippen molar-refractivity contribution in [2.24, 2.45) is 16.6 Å². The van der Waals surface area contributed by atoms with Crippen molar-refractivity contribution < 1.29 is 4.79 Å². The summed E-state index contributed by atoms with van der Waals surface area (Å²) in [7, 11) is 0. The van der Waals surface area contributed by atoms with Crippen molar-refractivity contribution in [2.45, 2.75) is 32.9 Å². The van der Waals surface area contributed by atoms with Crippen LogP contribution < -0.4 is 16.4 Å². The quantitative estimate of drug-likeness (QED) is 0.228. The fourth-order valence-corrected chi connectivity index (χ4v) is 3.20. The maximum Gasteiger partial charge on any atom is 0.221 e. The van der Waals surface area contributed by atoms with Crippen LogP contribution in [0.25, 0.3) is 0 Å². The van der Waals surface area contributed by atoms with Gasteiger partial charge in [-0.1, -0.05) is 30.3 Å². The van der Waals surface area contributed by atoms with Crippen LogP contribution in [0.3, 0.4) is 0 Å². The Bertz CT molecular complexity index is 635. The largest absolute Gasteiger partial charge is 0.369 e. The third kappa shape index (κ3) is 8.30. The van der Waals surface area contributed by atoms with Crippen molar-refractivity contribution in [3.05, 3.63) is 48.0 Å². The molecule has 0 saturated carbocycles. The van der Waals surface area contributed by atoms with Crippen molar-refractivity contribution in [2.75, 3.05) is 26.2 Å². The Kier molecular flexibility index (Phi) is 11.0. The van der Waals surface area contributed by atoms with Gasteiger partial charge in [0.1, 0.15) is 0 Å². The first kappa shape index (κ1) is 23.4. The lowest BCUT2D eigenvalue weighted by molar-refractivity contribution is -0.123. The zero-order valence-electron chi connectivity index (χ0n) is 16.1. The molecule has 150 valence electrons. The van der Waals surface area contributed by atoms with Crippen LogP contribution in [-0.4, -0.2) is 42.9 Å². The van der Waals surface area contributed by atoms with Gasteiger partial charge in [0.2, 0.25) is 5.91 Å². The SMILES string of the molecule is C=CCNC(=NCc1cccc(CN2CCCC(C(N)=O)C2)c1)NCC.I. The molecule has 0 spiro atoms. The minimum absolute atomic E-state index is 0. The van der Waals surface area contributed by atoms with Crippen molar-refractivity contribution in [1.82, 2.24) is 15.5 Å². The number of rotatable bonds is 8. The molecule has 0 bridgehead atoms. The number of amides is 1. The van der Waals surface area contributed by atoms with Gasteiger partial charge in [-0.3, -0.25) is 9.69 Å². The van der Waals surface area contributed by atoms with E-state index in [1.165, 1.54) is 11.1 Å². The highest BCUT2D eigenvalue weighted by Gasteiger charge is 2.23. The molecular weight excluding hydrogens is 453 g/mol. The molecule has 2 rings (SSSR count). The van der Waals surface area contributed by atoms with Crippen LogP contribution in [0, 0.1) is 5.92 Å². The summed E-state index contributed by atoms with van der Waals surface area (Å²) in [5.41, 5.74) is 7.89. The molecule has 0 aromatic heterocycles. The Labute approximate surface area is 179 Å². The summed E-state index contributed by atoms with van der Waals surface area (Å²) >= 11 is 0. The topological polar surface area (TPSA) is 82.8 Å². The molecular formula is C20H32IN5O. The summed E-state index contributed by atoms with van der Waals surface area (Å²) in [6.07, 6.45) is 3.75. The first-order chi connectivity index (χ1) is 12.6. The minimum atomic E-state index is -0.180. The van der Waals surface area contributed by atoms with E-state index in [2.05, 4.69) is 51.4 Å². The number of primary amides is 1. The molecule has 1 unspecified atom stereocenters. The minimum Gasteiger partial charge on any atom is -0.369 e. The molecule has 1 aliphatic rings. The molecule has 0 aliphatic carbocycles. The lowest BCUT2D eigenvalue weighted by atomic mass is 9.97. The number of hydrogen-bond donors (Lipinski definition) is 3. The van der Waals surface area contributed by atoms with Gasteiger partial charge in [0, 0.05) is 26.2 Å². The second kappa shape index (κ2) is 12.7. The van der Waals surface area contributed by atoms with E-state index in [9.17, 15) is 4.79 Å². The molecule has 1 amide bonds. The summed E-state index contributed by atoms with van der Waals surface area (Å²) in [5, 5.41) is 6.43. The van der Waals surface area contributed by atoms with Crippen LogP contribution in [0.2, 0.25) is 0 Å². The summed E-state index contributed by atoms with van der Waals surface area (Å²) in [6, 6.07) is 8.48. The number of likely N-dealkylation sites (tertiary alicyclic amines) is 1. The van der Waals surface area contributed by atoms with E-state index in [0.717, 1.165) is 45.0 Å². The van der Waals surface area contributed by atoms with Crippen molar-refractivity contribution in [1.29, 1.82) is 0 Å². The van der Waals surface area contributed by atoms with E-state index >= 15 is 0 Å². The van der Waals surface area contributed by atoms with Gasteiger partial charge in [0.25, 0.3) is 0 Å². The summed E-state index contributed by atoms with van der Waals surface area (Å²) in [4.78, 5) is 18.4. The number of carbonyl (C=O) groups is 1. The van der Waals surface area contributed by atoms with Crippen LogP contribution in [0.15, 0.2) is 41.9 Å². The second-order valence-electron chi connectivity index (χ2n) is 6.66. The van der Waals surface area contributed by atoms with Crippen molar-refractivity contribution in [3.8, 4) is 0 Å². The summed E-state index contributed by atoms with van der Waals surface area (Å²) in [6.45, 7) is 10.5. The molecule has 0 radical (unpaired) electrons. The van der Waals surface area contributed by atoms with Crippen LogP contribution >= 0.6 is 24.0 Å². The zero-order valence-corrected chi connectivity index (χ0v) is 18.4. The molecule has 1 fully saturated rings. The van der Waals surface area contributed by atoms with Gasteiger partial charge in [0.15, 0.2) is 5.96 Å². The summed E-state index contributed by atoms with van der Waals surface area (Å²) < 4.78 is 0. The molecule has 1 saturated heterocycles. The number of nitrogens with zero attached hydrogens (tertiary/aromatic N) is 2. The average molecular weight is 485 g/mol. The highest BCUT2D eigenvalue weighted by atomic mass is 127. The fraction of sp³-hybridized carbons (Fsp3) is 0.500. The van der Waals surface area contributed by atoms with E-state index in [1.807, 2.05) is 13.0 Å². The number of guanidine groups is 1. The lowest BCUT2D eigenvalue weighted by Crippen LogP contribution is -2.40. The molecule has 27 heavy (non-hydrogen) atoms. The van der Waals surface area contributed by atoms with Gasteiger partial charge in [-0.2, -0.15) is 0 Å². The monoisotopic (exact) mass is 485 g/mol. The number of aliphatic imine (C=N–C) groups is 1. The molecule has 7 heteroatoms. The van der Waals surface area contributed by atoms with Crippen molar-refractivity contribution in [3.63, 3.8) is 0 Å². The van der Waals surface area contributed by atoms with E-state index in [4.69, 9.17) is 5.73 Å². The average Bonchev–Trinajstić information content (AvgIpc) is 2.64. The normalized spacial score (nSPS) is 17.7. The Morgan fingerprint density at radius 3 is 2.89 bits per heavy atom. The molecule has 1 heterocycles. The number of piperidine rings is 1. The van der Waals surface area contributed by atoms with Gasteiger partial charge < -0.3 is 16.4 Å². The van der Waals surface area contributed by atoms with Crippen LogP contribution in [0.1, 0.15) is 30.9 Å². The van der Waals surface area contributed by atoms with E-state index in [0.29, 0.717) is 13.1 Å². The van der Waals surface area contributed by atoms with Crippen LogP contribution in [0.5, 0.6) is 0 Å². The van der Waals surface area contributed by atoms with Gasteiger partial charge in [-0.15, -0.1) is 30.6 Å². The number of carbonyl (C=O) groups excluding carboxylic acids is 1. The number of nitrogens with one attached hydrogen (secondary N) is 2. The van der Waals surface area contributed by atoms with Crippen LogP contribution in [0.4, 0.5) is 0 Å². The number of hydrogen-bond acceptors (Lipinski definition) is 3. The second-order valence-corrected chi connectivity index (χ2v) is 6.66.